The van der Waals surface area contributed by atoms with Crippen LogP contribution in [0.25, 0.3) is 5.65 Å². The summed E-state index contributed by atoms with van der Waals surface area (Å²) in [6, 6.07) is 3.89. The first-order chi connectivity index (χ1) is 8.95. The normalized spacial score (nSPS) is 11.6. The second kappa shape index (κ2) is 5.59. The topological polar surface area (TPSA) is 63.6 Å². The number of rotatable bonds is 5. The van der Waals surface area contributed by atoms with Crippen molar-refractivity contribution in [2.75, 3.05) is 6.54 Å². The number of hydrogen-bond donors (Lipinski definition) is 1. The summed E-state index contributed by atoms with van der Waals surface area (Å²) in [6.07, 6.45) is 3.72. The van der Waals surface area contributed by atoms with Gasteiger partial charge in [0.05, 0.1) is 17.3 Å². The lowest BCUT2D eigenvalue weighted by Crippen LogP contribution is -2.38. The van der Waals surface area contributed by atoms with Gasteiger partial charge in [0.15, 0.2) is 0 Å². The lowest BCUT2D eigenvalue weighted by Gasteiger charge is -2.23. The molecule has 0 aliphatic rings. The third-order valence-corrected chi connectivity index (χ3v) is 3.14. The van der Waals surface area contributed by atoms with Crippen LogP contribution in [0, 0.1) is 0 Å². The van der Waals surface area contributed by atoms with Gasteiger partial charge in [0.25, 0.3) is 0 Å². The van der Waals surface area contributed by atoms with E-state index in [-0.39, 0.29) is 18.5 Å². The molecular weight excluding hydrogens is 264 g/mol. The maximum absolute atomic E-state index is 11.1. The summed E-state index contributed by atoms with van der Waals surface area (Å²) in [5, 5.41) is 0.661. The summed E-state index contributed by atoms with van der Waals surface area (Å²) in [4.78, 5) is 17.5. The molecule has 0 radical (unpaired) electrons. The van der Waals surface area contributed by atoms with Crippen molar-refractivity contribution in [1.82, 2.24) is 14.3 Å². The van der Waals surface area contributed by atoms with Crippen LogP contribution in [0.5, 0.6) is 0 Å². The van der Waals surface area contributed by atoms with E-state index < -0.39 is 0 Å². The summed E-state index contributed by atoms with van der Waals surface area (Å²) >= 11 is 5.93. The zero-order valence-corrected chi connectivity index (χ0v) is 11.8. The van der Waals surface area contributed by atoms with Gasteiger partial charge >= 0.3 is 0 Å². The SMILES string of the molecule is CC(C)N(CC(N)=O)Cc1cn2cc(Cl)ccc2n1. The highest BCUT2D eigenvalue weighted by molar-refractivity contribution is 6.30. The van der Waals surface area contributed by atoms with Crippen molar-refractivity contribution in [3.8, 4) is 0 Å². The third-order valence-electron chi connectivity index (χ3n) is 2.92. The van der Waals surface area contributed by atoms with Crippen molar-refractivity contribution in [1.29, 1.82) is 0 Å². The number of halogens is 1. The zero-order valence-electron chi connectivity index (χ0n) is 11.0. The van der Waals surface area contributed by atoms with Crippen molar-refractivity contribution >= 4 is 23.2 Å². The molecule has 0 aliphatic carbocycles. The van der Waals surface area contributed by atoms with Gasteiger partial charge in [-0.25, -0.2) is 4.98 Å². The first-order valence-electron chi connectivity index (χ1n) is 6.11. The van der Waals surface area contributed by atoms with Crippen molar-refractivity contribution in [2.24, 2.45) is 5.73 Å². The Hall–Kier alpha value is -1.59. The first-order valence-corrected chi connectivity index (χ1v) is 6.49. The summed E-state index contributed by atoms with van der Waals surface area (Å²) in [6.45, 7) is 4.86. The van der Waals surface area contributed by atoms with E-state index in [0.29, 0.717) is 11.6 Å². The number of nitrogens with two attached hydrogens (primary N) is 1. The molecule has 2 aromatic heterocycles. The smallest absolute Gasteiger partial charge is 0.231 e. The Kier molecular flexibility index (Phi) is 4.07. The molecule has 0 aromatic carbocycles. The molecule has 0 bridgehead atoms. The molecule has 1 amide bonds. The predicted molar refractivity (Wildman–Crippen MR) is 74.9 cm³/mol. The molecule has 2 N–H and O–H groups in total. The third kappa shape index (κ3) is 3.45. The second-order valence-corrected chi connectivity index (χ2v) is 5.25. The van der Waals surface area contributed by atoms with E-state index in [9.17, 15) is 4.79 Å². The van der Waals surface area contributed by atoms with Crippen molar-refractivity contribution in [3.63, 3.8) is 0 Å². The van der Waals surface area contributed by atoms with Crippen LogP contribution in [0.15, 0.2) is 24.5 Å². The highest BCUT2D eigenvalue weighted by Crippen LogP contribution is 2.13. The molecule has 0 aliphatic heterocycles. The molecule has 5 nitrogen and oxygen atoms in total. The van der Waals surface area contributed by atoms with Crippen molar-refractivity contribution < 1.29 is 4.79 Å². The number of carbonyl (C=O) groups excluding carboxylic acids is 1. The number of amides is 1. The summed E-state index contributed by atoms with van der Waals surface area (Å²) < 4.78 is 1.88. The highest BCUT2D eigenvalue weighted by atomic mass is 35.5. The van der Waals surface area contributed by atoms with Crippen LogP contribution in [-0.2, 0) is 11.3 Å². The van der Waals surface area contributed by atoms with E-state index >= 15 is 0 Å². The van der Waals surface area contributed by atoms with Gasteiger partial charge in [-0.15, -0.1) is 0 Å². The minimum Gasteiger partial charge on any atom is -0.369 e. The Morgan fingerprint density at radius 3 is 2.84 bits per heavy atom. The van der Waals surface area contributed by atoms with Crippen molar-refractivity contribution in [3.05, 3.63) is 35.2 Å². The lowest BCUT2D eigenvalue weighted by molar-refractivity contribution is -0.119. The minimum atomic E-state index is -0.333. The van der Waals surface area contributed by atoms with Crippen LogP contribution in [0.4, 0.5) is 0 Å². The molecule has 0 saturated carbocycles. The van der Waals surface area contributed by atoms with Gasteiger partial charge < -0.3 is 10.1 Å². The standard InChI is InChI=1S/C13H17ClN4O/c1-9(2)17(8-12(15)19)6-11-7-18-5-10(14)3-4-13(18)16-11/h3-5,7,9H,6,8H2,1-2H3,(H2,15,19). The van der Waals surface area contributed by atoms with Gasteiger partial charge in [-0.05, 0) is 26.0 Å². The van der Waals surface area contributed by atoms with Gasteiger partial charge in [-0.2, -0.15) is 0 Å². The molecule has 0 atom stereocenters. The molecule has 0 unspecified atom stereocenters. The van der Waals surface area contributed by atoms with Crippen molar-refractivity contribution in [2.45, 2.75) is 26.4 Å². The van der Waals surface area contributed by atoms with E-state index in [0.717, 1.165) is 11.3 Å². The Labute approximate surface area is 117 Å². The molecule has 2 heterocycles. The van der Waals surface area contributed by atoms with E-state index in [1.54, 1.807) is 12.3 Å². The number of carbonyl (C=O) groups is 1. The van der Waals surface area contributed by atoms with Crippen LogP contribution in [0.2, 0.25) is 5.02 Å². The largest absolute Gasteiger partial charge is 0.369 e. The fraction of sp³-hybridized carbons (Fsp3) is 0.385. The molecule has 19 heavy (non-hydrogen) atoms. The maximum Gasteiger partial charge on any atom is 0.231 e. The number of nitrogens with zero attached hydrogens (tertiary/aromatic N) is 3. The maximum atomic E-state index is 11.1. The highest BCUT2D eigenvalue weighted by Gasteiger charge is 2.14. The van der Waals surface area contributed by atoms with Gasteiger partial charge in [0.2, 0.25) is 5.91 Å². The fourth-order valence-electron chi connectivity index (χ4n) is 1.92. The monoisotopic (exact) mass is 280 g/mol. The average molecular weight is 281 g/mol. The Morgan fingerprint density at radius 2 is 2.21 bits per heavy atom. The minimum absolute atomic E-state index is 0.223. The molecule has 0 spiro atoms. The molecule has 102 valence electrons. The Bertz CT molecular complexity index is 593. The quantitative estimate of drug-likeness (QED) is 0.906. The predicted octanol–water partition coefficient (Wildman–Crippen LogP) is 1.68. The number of fused-ring (bicyclic) bond motifs is 1. The van der Waals surface area contributed by atoms with Gasteiger partial charge in [0, 0.05) is 25.0 Å². The zero-order chi connectivity index (χ0) is 14.0. The van der Waals surface area contributed by atoms with Crippen LogP contribution in [0.1, 0.15) is 19.5 Å². The van der Waals surface area contributed by atoms with Crippen LogP contribution < -0.4 is 5.73 Å². The van der Waals surface area contributed by atoms with E-state index in [1.807, 2.05) is 35.4 Å². The van der Waals surface area contributed by atoms with Crippen LogP contribution in [-0.4, -0.2) is 32.8 Å². The lowest BCUT2D eigenvalue weighted by atomic mass is 10.3. The fourth-order valence-corrected chi connectivity index (χ4v) is 2.09. The van der Waals surface area contributed by atoms with Crippen LogP contribution in [0.3, 0.4) is 0 Å². The molecule has 0 saturated heterocycles. The first kappa shape index (κ1) is 13.8. The number of hydrogen-bond acceptors (Lipinski definition) is 3. The summed E-state index contributed by atoms with van der Waals surface area (Å²) in [5.41, 5.74) is 6.98. The Balaban J connectivity index is 2.21. The van der Waals surface area contributed by atoms with E-state index in [4.69, 9.17) is 17.3 Å². The Morgan fingerprint density at radius 1 is 1.47 bits per heavy atom. The molecular formula is C13H17ClN4O. The molecule has 2 rings (SSSR count). The number of primary amides is 1. The molecule has 6 heteroatoms. The van der Waals surface area contributed by atoms with Gasteiger partial charge in [-0.3, -0.25) is 9.69 Å². The number of aromatic nitrogens is 2. The molecule has 0 fully saturated rings. The summed E-state index contributed by atoms with van der Waals surface area (Å²) in [5.74, 6) is -0.333. The summed E-state index contributed by atoms with van der Waals surface area (Å²) in [7, 11) is 0. The molecule has 2 aromatic rings. The van der Waals surface area contributed by atoms with Gasteiger partial charge in [0.1, 0.15) is 5.65 Å². The number of pyridine rings is 1. The second-order valence-electron chi connectivity index (χ2n) is 4.81. The van der Waals surface area contributed by atoms with E-state index in [2.05, 4.69) is 4.98 Å². The van der Waals surface area contributed by atoms with Gasteiger partial charge in [-0.1, -0.05) is 11.6 Å². The average Bonchev–Trinajstić information content (AvgIpc) is 2.68. The van der Waals surface area contributed by atoms with E-state index in [1.165, 1.54) is 0 Å². The number of imidazole rings is 1. The van der Waals surface area contributed by atoms with Crippen LogP contribution >= 0.6 is 11.6 Å².